The van der Waals surface area contributed by atoms with Crippen LogP contribution in [0.1, 0.15) is 25.0 Å². The van der Waals surface area contributed by atoms with E-state index < -0.39 is 74.7 Å². The van der Waals surface area contributed by atoms with E-state index >= 15 is 0 Å². The first-order valence-corrected chi connectivity index (χ1v) is 7.97. The molecule has 0 amide bonds. The maximum absolute atomic E-state index is 14.2. The van der Waals surface area contributed by atoms with Crippen LogP contribution in [-0.4, -0.2) is 17.3 Å². The molecule has 0 radical (unpaired) electrons. The second-order valence-corrected chi connectivity index (χ2v) is 7.43. The molecule has 0 spiro atoms. The maximum Gasteiger partial charge on any atom is 0.426 e. The van der Waals surface area contributed by atoms with Crippen molar-refractivity contribution in [3.63, 3.8) is 0 Å². The van der Waals surface area contributed by atoms with Gasteiger partial charge in [0.25, 0.3) is 0 Å². The van der Waals surface area contributed by atoms with E-state index in [9.17, 15) is 40.6 Å². The Morgan fingerprint density at radius 2 is 1.56 bits per heavy atom. The van der Waals surface area contributed by atoms with E-state index in [1.54, 1.807) is 0 Å². The summed E-state index contributed by atoms with van der Waals surface area (Å²) >= 11 is 5.16. The molecule has 0 saturated heterocycles. The van der Waals surface area contributed by atoms with Gasteiger partial charge in [-0.05, 0) is 18.8 Å². The number of rotatable bonds is 4. The first-order valence-electron chi connectivity index (χ1n) is 7.60. The van der Waals surface area contributed by atoms with Crippen molar-refractivity contribution < 1.29 is 40.6 Å². The Labute approximate surface area is 154 Å². The maximum atomic E-state index is 14.2. The van der Waals surface area contributed by atoms with E-state index in [0.29, 0.717) is 6.08 Å². The zero-order valence-corrected chi connectivity index (χ0v) is 15.0. The van der Waals surface area contributed by atoms with Crippen LogP contribution < -0.4 is 0 Å². The standard InChI is InChI=1S/C17H14ClF7O2/c1-6-10(19)12(21)7(13(22)11(6)20)5-16(14(26)27)8(15(16,2)3)4-9(18)17(23,24)25/h4,8H,5H2,1-3H3,(H,26,27)/t8-,16+/m1/s1. The fourth-order valence-electron chi connectivity index (χ4n) is 3.53. The average molecular weight is 419 g/mol. The van der Waals surface area contributed by atoms with E-state index in [2.05, 4.69) is 0 Å². The van der Waals surface area contributed by atoms with Gasteiger partial charge in [0.15, 0.2) is 23.3 Å². The van der Waals surface area contributed by atoms with Crippen molar-refractivity contribution in [3.8, 4) is 0 Å². The van der Waals surface area contributed by atoms with Crippen LogP contribution in [0.2, 0.25) is 0 Å². The molecule has 1 aliphatic carbocycles. The number of aliphatic carboxylic acids is 1. The third-order valence-corrected chi connectivity index (χ3v) is 5.71. The van der Waals surface area contributed by atoms with Crippen LogP contribution in [0.4, 0.5) is 30.7 Å². The third kappa shape index (κ3) is 3.09. The molecule has 2 atom stereocenters. The molecule has 0 aromatic heterocycles. The largest absolute Gasteiger partial charge is 0.481 e. The topological polar surface area (TPSA) is 37.3 Å². The molecule has 0 heterocycles. The van der Waals surface area contributed by atoms with Crippen LogP contribution >= 0.6 is 11.6 Å². The van der Waals surface area contributed by atoms with Crippen LogP contribution in [0.15, 0.2) is 11.1 Å². The number of allylic oxidation sites excluding steroid dienone is 2. The summed E-state index contributed by atoms with van der Waals surface area (Å²) in [5.74, 6) is -9.98. The molecule has 1 fully saturated rings. The first-order chi connectivity index (χ1) is 12.1. The number of alkyl halides is 3. The lowest BCUT2D eigenvalue weighted by atomic mass is 9.87. The second-order valence-electron chi connectivity index (χ2n) is 7.02. The van der Waals surface area contributed by atoms with Gasteiger partial charge in [-0.2, -0.15) is 13.2 Å². The van der Waals surface area contributed by atoms with Gasteiger partial charge in [0.05, 0.1) is 5.41 Å². The lowest BCUT2D eigenvalue weighted by molar-refractivity contribution is -0.145. The fourth-order valence-corrected chi connectivity index (χ4v) is 3.66. The van der Waals surface area contributed by atoms with Crippen molar-refractivity contribution in [1.29, 1.82) is 0 Å². The summed E-state index contributed by atoms with van der Waals surface area (Å²) in [6.45, 7) is 3.32. The molecule has 0 bridgehead atoms. The van der Waals surface area contributed by atoms with E-state index in [1.165, 1.54) is 13.8 Å². The number of carboxylic acids is 1. The lowest BCUT2D eigenvalue weighted by Crippen LogP contribution is -2.26. The highest BCUT2D eigenvalue weighted by Crippen LogP contribution is 2.71. The number of halogens is 8. The monoisotopic (exact) mass is 418 g/mol. The van der Waals surface area contributed by atoms with Crippen molar-refractivity contribution in [2.75, 3.05) is 0 Å². The Hall–Kier alpha value is -1.77. The summed E-state index contributed by atoms with van der Waals surface area (Å²) in [7, 11) is 0. The number of carbonyl (C=O) groups is 1. The molecule has 150 valence electrons. The fraction of sp³-hybridized carbons (Fsp3) is 0.471. The number of hydrogen-bond donors (Lipinski definition) is 1. The Morgan fingerprint density at radius 1 is 1.11 bits per heavy atom. The highest BCUT2D eigenvalue weighted by molar-refractivity contribution is 6.30. The molecule has 1 aromatic rings. The van der Waals surface area contributed by atoms with E-state index in [4.69, 9.17) is 11.6 Å². The molecular formula is C17H14ClF7O2. The molecule has 1 aromatic carbocycles. The molecule has 0 unspecified atom stereocenters. The Balaban J connectivity index is 2.60. The van der Waals surface area contributed by atoms with Crippen LogP contribution in [0.25, 0.3) is 0 Å². The number of carboxylic acid groups (broad SMARTS) is 1. The van der Waals surface area contributed by atoms with Crippen LogP contribution in [0.5, 0.6) is 0 Å². The van der Waals surface area contributed by atoms with Gasteiger partial charge < -0.3 is 5.11 Å². The first kappa shape index (κ1) is 21.5. The minimum Gasteiger partial charge on any atom is -0.481 e. The second kappa shape index (κ2) is 6.39. The SMILES string of the molecule is Cc1c(F)c(F)c(C[C@@]2(C(=O)O)[C@H](C=C(Cl)C(F)(F)F)C2(C)C)c(F)c1F. The summed E-state index contributed by atoms with van der Waals surface area (Å²) in [5, 5.41) is 7.98. The molecule has 10 heteroatoms. The molecule has 1 aliphatic rings. The van der Waals surface area contributed by atoms with Crippen LogP contribution in [-0.2, 0) is 11.2 Å². The molecule has 1 saturated carbocycles. The van der Waals surface area contributed by atoms with E-state index in [-0.39, 0.29) is 0 Å². The molecule has 0 aliphatic heterocycles. The lowest BCUT2D eigenvalue weighted by Gasteiger charge is -2.18. The Kier molecular flexibility index (Phi) is 5.10. The van der Waals surface area contributed by atoms with Gasteiger partial charge in [-0.1, -0.05) is 31.5 Å². The van der Waals surface area contributed by atoms with Crippen molar-refractivity contribution in [2.24, 2.45) is 16.7 Å². The molecule has 1 N–H and O–H groups in total. The molecule has 27 heavy (non-hydrogen) atoms. The predicted molar refractivity (Wildman–Crippen MR) is 82.0 cm³/mol. The summed E-state index contributed by atoms with van der Waals surface area (Å²) in [5.41, 5.74) is -5.65. The molecular weight excluding hydrogens is 405 g/mol. The smallest absolute Gasteiger partial charge is 0.426 e. The highest BCUT2D eigenvalue weighted by Gasteiger charge is 2.75. The van der Waals surface area contributed by atoms with E-state index in [0.717, 1.165) is 6.92 Å². The van der Waals surface area contributed by atoms with Crippen molar-refractivity contribution in [3.05, 3.63) is 45.5 Å². The van der Waals surface area contributed by atoms with Crippen molar-refractivity contribution in [2.45, 2.75) is 33.4 Å². The third-order valence-electron chi connectivity index (χ3n) is 5.37. The Bertz CT molecular complexity index is 816. The Morgan fingerprint density at radius 3 is 1.93 bits per heavy atom. The van der Waals surface area contributed by atoms with Crippen LogP contribution in [0.3, 0.4) is 0 Å². The van der Waals surface area contributed by atoms with Gasteiger partial charge in [-0.25, -0.2) is 17.6 Å². The van der Waals surface area contributed by atoms with Crippen molar-refractivity contribution >= 4 is 17.6 Å². The summed E-state index contributed by atoms with van der Waals surface area (Å²) < 4.78 is 93.9. The minimum atomic E-state index is -4.94. The normalized spacial score (nSPS) is 24.9. The quantitative estimate of drug-likeness (QED) is 0.517. The predicted octanol–water partition coefficient (Wildman–Crippen LogP) is 5.51. The number of benzene rings is 1. The van der Waals surface area contributed by atoms with Gasteiger partial charge in [0, 0.05) is 17.0 Å². The molecule has 2 rings (SSSR count). The average Bonchev–Trinajstić information content (AvgIpc) is 3.02. The van der Waals surface area contributed by atoms with Gasteiger partial charge in [-0.15, -0.1) is 0 Å². The summed E-state index contributed by atoms with van der Waals surface area (Å²) in [6, 6.07) is 0. The minimum absolute atomic E-state index is 0.451. The zero-order valence-electron chi connectivity index (χ0n) is 14.2. The van der Waals surface area contributed by atoms with Crippen LogP contribution in [0, 0.1) is 46.9 Å². The van der Waals surface area contributed by atoms with Crippen molar-refractivity contribution in [1.82, 2.24) is 0 Å². The number of hydrogen-bond acceptors (Lipinski definition) is 1. The van der Waals surface area contributed by atoms with Gasteiger partial charge in [-0.3, -0.25) is 4.79 Å². The van der Waals surface area contributed by atoms with Gasteiger partial charge in [0.2, 0.25) is 0 Å². The zero-order chi connectivity index (χ0) is 21.1. The molecule has 2 nitrogen and oxygen atoms in total. The van der Waals surface area contributed by atoms with Gasteiger partial charge in [0.1, 0.15) is 5.03 Å². The van der Waals surface area contributed by atoms with E-state index in [1.807, 2.05) is 0 Å². The summed E-state index contributed by atoms with van der Waals surface area (Å²) in [4.78, 5) is 11.8. The van der Waals surface area contributed by atoms with Gasteiger partial charge >= 0.3 is 12.1 Å². The highest BCUT2D eigenvalue weighted by atomic mass is 35.5. The summed E-state index contributed by atoms with van der Waals surface area (Å²) in [6.07, 6.45) is -5.54.